The number of rotatable bonds is 1. The Morgan fingerprint density at radius 2 is 2.29 bits per heavy atom. The summed E-state index contributed by atoms with van der Waals surface area (Å²) in [6.07, 6.45) is 0. The Balaban J connectivity index is 2.89. The number of aliphatic hydroxyl groups is 1. The molecule has 0 aliphatic heterocycles. The van der Waals surface area contributed by atoms with E-state index in [9.17, 15) is 0 Å². The molecule has 0 saturated carbocycles. The van der Waals surface area contributed by atoms with Crippen molar-refractivity contribution in [2.45, 2.75) is 6.61 Å². The second-order valence-electron chi connectivity index (χ2n) is 2.83. The van der Waals surface area contributed by atoms with Crippen molar-refractivity contribution in [1.29, 1.82) is 5.26 Å². The summed E-state index contributed by atoms with van der Waals surface area (Å²) in [5, 5.41) is 21.1. The molecule has 2 nitrogen and oxygen atoms in total. The molecule has 0 unspecified atom stereocenters. The van der Waals surface area contributed by atoms with Gasteiger partial charge in [0.2, 0.25) is 0 Å². The van der Waals surface area contributed by atoms with E-state index in [-0.39, 0.29) is 6.61 Å². The molecule has 1 aromatic heterocycles. The van der Waals surface area contributed by atoms with E-state index in [1.54, 1.807) is 17.4 Å². The lowest BCUT2D eigenvalue weighted by atomic mass is 10.1. The number of nitriles is 1. The maximum atomic E-state index is 9.16. The van der Waals surface area contributed by atoms with Crippen LogP contribution in [0.3, 0.4) is 0 Å². The highest BCUT2D eigenvalue weighted by Gasteiger charge is 2.10. The van der Waals surface area contributed by atoms with Gasteiger partial charge in [0, 0.05) is 14.3 Å². The fourth-order valence-corrected chi connectivity index (χ4v) is 3.52. The first-order chi connectivity index (χ1) is 6.77. The molecule has 0 radical (unpaired) electrons. The average molecular weight is 315 g/mol. The van der Waals surface area contributed by atoms with Crippen LogP contribution in [0.1, 0.15) is 11.1 Å². The number of hydrogen-bond acceptors (Lipinski definition) is 3. The molecule has 0 aliphatic rings. The van der Waals surface area contributed by atoms with Gasteiger partial charge in [0.1, 0.15) is 6.07 Å². The Hall–Kier alpha value is -0.640. The van der Waals surface area contributed by atoms with E-state index in [0.29, 0.717) is 5.56 Å². The van der Waals surface area contributed by atoms with Crippen LogP contribution in [-0.4, -0.2) is 5.11 Å². The van der Waals surface area contributed by atoms with Gasteiger partial charge in [-0.05, 0) is 34.2 Å². The van der Waals surface area contributed by atoms with Gasteiger partial charge >= 0.3 is 0 Å². The molecule has 0 fully saturated rings. The van der Waals surface area contributed by atoms with E-state index in [4.69, 9.17) is 10.4 Å². The minimum absolute atomic E-state index is 0.0228. The predicted octanol–water partition coefficient (Wildman–Crippen LogP) is 2.87. The van der Waals surface area contributed by atoms with Crippen LogP contribution in [0, 0.1) is 14.9 Å². The fourth-order valence-electron chi connectivity index (χ4n) is 1.40. The zero-order valence-corrected chi connectivity index (χ0v) is 10.1. The van der Waals surface area contributed by atoms with Crippen LogP contribution in [0.5, 0.6) is 0 Å². The van der Waals surface area contributed by atoms with E-state index in [2.05, 4.69) is 28.7 Å². The Morgan fingerprint density at radius 3 is 2.93 bits per heavy atom. The molecular weight excluding hydrogens is 309 g/mol. The highest BCUT2D eigenvalue weighted by molar-refractivity contribution is 14.1. The summed E-state index contributed by atoms with van der Waals surface area (Å²) in [6.45, 7) is 0.0228. The zero-order valence-electron chi connectivity index (χ0n) is 7.12. The normalized spacial score (nSPS) is 10.4. The number of fused-ring (bicyclic) bond motifs is 1. The number of thiophene rings is 1. The topological polar surface area (TPSA) is 44.0 Å². The van der Waals surface area contributed by atoms with Crippen molar-refractivity contribution in [2.24, 2.45) is 0 Å². The molecule has 0 aliphatic carbocycles. The van der Waals surface area contributed by atoms with E-state index in [0.717, 1.165) is 19.2 Å². The number of benzene rings is 1. The molecule has 1 heterocycles. The fraction of sp³-hybridized carbons (Fsp3) is 0.100. The van der Waals surface area contributed by atoms with Gasteiger partial charge in [-0.25, -0.2) is 0 Å². The molecule has 0 amide bonds. The lowest BCUT2D eigenvalue weighted by Gasteiger charge is -2.00. The Labute approximate surface area is 98.9 Å². The summed E-state index contributed by atoms with van der Waals surface area (Å²) in [5.41, 5.74) is 1.58. The van der Waals surface area contributed by atoms with Gasteiger partial charge in [-0.15, -0.1) is 11.3 Å². The summed E-state index contributed by atoms with van der Waals surface area (Å²) < 4.78 is 2.08. The molecular formula is C10H6INOS. The predicted molar refractivity (Wildman–Crippen MR) is 65.2 cm³/mol. The third kappa shape index (κ3) is 1.41. The summed E-state index contributed by atoms with van der Waals surface area (Å²) in [7, 11) is 0. The van der Waals surface area contributed by atoms with Crippen LogP contribution in [-0.2, 0) is 6.61 Å². The molecule has 0 atom stereocenters. The summed E-state index contributed by atoms with van der Waals surface area (Å²) in [4.78, 5) is 0. The van der Waals surface area contributed by atoms with Crippen LogP contribution in [0.15, 0.2) is 17.5 Å². The van der Waals surface area contributed by atoms with Crippen molar-refractivity contribution in [3.05, 3.63) is 32.2 Å². The summed E-state index contributed by atoms with van der Waals surface area (Å²) >= 11 is 3.78. The Kier molecular flexibility index (Phi) is 2.72. The largest absolute Gasteiger partial charge is 0.392 e. The van der Waals surface area contributed by atoms with Crippen LogP contribution in [0.2, 0.25) is 0 Å². The third-order valence-corrected chi connectivity index (χ3v) is 4.34. The van der Waals surface area contributed by atoms with Crippen molar-refractivity contribution < 1.29 is 5.11 Å². The van der Waals surface area contributed by atoms with Gasteiger partial charge in [-0.1, -0.05) is 6.07 Å². The highest BCUT2D eigenvalue weighted by atomic mass is 127. The lowest BCUT2D eigenvalue weighted by Crippen LogP contribution is -1.86. The standard InChI is InChI=1S/C10H6INOS/c11-8-5-14-10-6(3-12)1-2-7(4-13)9(8)10/h1-2,5,13H,4H2. The second-order valence-corrected chi connectivity index (χ2v) is 4.87. The van der Waals surface area contributed by atoms with Crippen molar-refractivity contribution in [3.63, 3.8) is 0 Å². The zero-order chi connectivity index (χ0) is 10.1. The smallest absolute Gasteiger partial charge is 0.101 e. The monoisotopic (exact) mass is 315 g/mol. The van der Waals surface area contributed by atoms with Gasteiger partial charge in [-0.3, -0.25) is 0 Å². The van der Waals surface area contributed by atoms with Crippen molar-refractivity contribution in [1.82, 2.24) is 0 Å². The first kappa shape index (κ1) is 9.90. The SMILES string of the molecule is N#Cc1ccc(CO)c2c(I)csc12. The van der Waals surface area contributed by atoms with Crippen molar-refractivity contribution >= 4 is 44.0 Å². The van der Waals surface area contributed by atoms with E-state index in [1.165, 1.54) is 0 Å². The number of hydrogen-bond donors (Lipinski definition) is 1. The van der Waals surface area contributed by atoms with Crippen LogP contribution in [0.4, 0.5) is 0 Å². The second kappa shape index (κ2) is 3.85. The first-order valence-electron chi connectivity index (χ1n) is 3.97. The molecule has 0 spiro atoms. The van der Waals surface area contributed by atoms with E-state index >= 15 is 0 Å². The third-order valence-electron chi connectivity index (χ3n) is 2.05. The van der Waals surface area contributed by atoms with Gasteiger partial charge < -0.3 is 5.11 Å². The molecule has 0 bridgehead atoms. The van der Waals surface area contributed by atoms with Gasteiger partial charge in [-0.2, -0.15) is 5.26 Å². The number of nitrogens with zero attached hydrogens (tertiary/aromatic N) is 1. The molecule has 70 valence electrons. The van der Waals surface area contributed by atoms with Gasteiger partial charge in [0.05, 0.1) is 16.9 Å². The van der Waals surface area contributed by atoms with Crippen LogP contribution >= 0.6 is 33.9 Å². The first-order valence-corrected chi connectivity index (χ1v) is 5.93. The van der Waals surface area contributed by atoms with Crippen LogP contribution in [0.25, 0.3) is 10.1 Å². The Bertz CT molecular complexity index is 527. The van der Waals surface area contributed by atoms with Crippen molar-refractivity contribution in [3.8, 4) is 6.07 Å². The van der Waals surface area contributed by atoms with E-state index < -0.39 is 0 Å². The molecule has 1 aromatic carbocycles. The van der Waals surface area contributed by atoms with Crippen LogP contribution < -0.4 is 0 Å². The average Bonchev–Trinajstić information content (AvgIpc) is 2.60. The maximum absolute atomic E-state index is 9.16. The molecule has 2 aromatic rings. The molecule has 14 heavy (non-hydrogen) atoms. The molecule has 2 rings (SSSR count). The van der Waals surface area contributed by atoms with Gasteiger partial charge in [0.25, 0.3) is 0 Å². The van der Waals surface area contributed by atoms with E-state index in [1.807, 2.05) is 11.4 Å². The quantitative estimate of drug-likeness (QED) is 0.823. The highest BCUT2D eigenvalue weighted by Crippen LogP contribution is 2.32. The number of aliphatic hydroxyl groups excluding tert-OH is 1. The lowest BCUT2D eigenvalue weighted by molar-refractivity contribution is 0.283. The minimum atomic E-state index is 0.0228. The molecule has 4 heteroatoms. The maximum Gasteiger partial charge on any atom is 0.101 e. The minimum Gasteiger partial charge on any atom is -0.392 e. The summed E-state index contributed by atoms with van der Waals surface area (Å²) in [5.74, 6) is 0. The number of halogens is 1. The van der Waals surface area contributed by atoms with Gasteiger partial charge in [0.15, 0.2) is 0 Å². The molecule has 1 N–H and O–H groups in total. The van der Waals surface area contributed by atoms with Crippen molar-refractivity contribution in [2.75, 3.05) is 0 Å². The Morgan fingerprint density at radius 1 is 1.50 bits per heavy atom. The molecule has 0 saturated heterocycles. The summed E-state index contributed by atoms with van der Waals surface area (Å²) in [6, 6.07) is 5.74.